The molecule has 1 aromatic carbocycles. The van der Waals surface area contributed by atoms with Crippen molar-refractivity contribution in [1.29, 1.82) is 0 Å². The molecule has 2 atom stereocenters. The van der Waals surface area contributed by atoms with Crippen LogP contribution in [-0.4, -0.2) is 44.2 Å². The molecular weight excluding hydrogens is 252 g/mol. The van der Waals surface area contributed by atoms with Gasteiger partial charge in [0.1, 0.15) is 0 Å². The minimum Gasteiger partial charge on any atom is -0.469 e. The Morgan fingerprint density at radius 2 is 2.15 bits per heavy atom. The van der Waals surface area contributed by atoms with Crippen LogP contribution in [0.2, 0.25) is 0 Å². The number of carbonyl (C=O) groups excluding carboxylic acids is 1. The summed E-state index contributed by atoms with van der Waals surface area (Å²) in [6.07, 6.45) is 0.953. The summed E-state index contributed by atoms with van der Waals surface area (Å²) in [5.41, 5.74) is 0.745. The lowest BCUT2D eigenvalue weighted by atomic mass is 9.77. The molecule has 20 heavy (non-hydrogen) atoms. The molecule has 1 saturated heterocycles. The largest absolute Gasteiger partial charge is 0.469 e. The van der Waals surface area contributed by atoms with Crippen LogP contribution in [0.25, 0.3) is 0 Å². The Bertz CT molecular complexity index is 449. The number of methoxy groups -OCH3 is 1. The zero-order chi connectivity index (χ0) is 14.6. The lowest BCUT2D eigenvalue weighted by Gasteiger charge is -2.43. The molecule has 2 unspecified atom stereocenters. The van der Waals surface area contributed by atoms with Crippen LogP contribution in [-0.2, 0) is 16.1 Å². The van der Waals surface area contributed by atoms with Crippen molar-refractivity contribution in [2.24, 2.45) is 5.41 Å². The van der Waals surface area contributed by atoms with Gasteiger partial charge < -0.3 is 15.0 Å². The van der Waals surface area contributed by atoms with Crippen LogP contribution in [0.15, 0.2) is 30.3 Å². The second-order valence-corrected chi connectivity index (χ2v) is 5.85. The third-order valence-electron chi connectivity index (χ3n) is 4.21. The smallest absolute Gasteiger partial charge is 0.314 e. The number of nitrogens with zero attached hydrogens (tertiary/aromatic N) is 1. The minimum atomic E-state index is -0.490. The average Bonchev–Trinajstić information content (AvgIpc) is 2.46. The monoisotopic (exact) mass is 276 g/mol. The van der Waals surface area contributed by atoms with Crippen molar-refractivity contribution in [3.63, 3.8) is 0 Å². The first-order valence-corrected chi connectivity index (χ1v) is 7.10. The van der Waals surface area contributed by atoms with Crippen LogP contribution in [0, 0.1) is 5.41 Å². The Balaban J connectivity index is 2.06. The predicted molar refractivity (Wildman–Crippen MR) is 79.3 cm³/mol. The number of hydrogen-bond donors (Lipinski definition) is 1. The maximum absolute atomic E-state index is 12.2. The van der Waals surface area contributed by atoms with Crippen molar-refractivity contribution < 1.29 is 9.53 Å². The van der Waals surface area contributed by atoms with E-state index in [1.807, 2.05) is 25.1 Å². The van der Waals surface area contributed by atoms with E-state index in [0.717, 1.165) is 26.1 Å². The number of nitrogens with one attached hydrogen (secondary N) is 1. The summed E-state index contributed by atoms with van der Waals surface area (Å²) in [5.74, 6) is -0.130. The van der Waals surface area contributed by atoms with Crippen molar-refractivity contribution in [2.45, 2.75) is 25.9 Å². The molecule has 1 N–H and O–H groups in total. The van der Waals surface area contributed by atoms with Gasteiger partial charge in [0.15, 0.2) is 0 Å². The highest BCUT2D eigenvalue weighted by atomic mass is 16.5. The topological polar surface area (TPSA) is 41.6 Å². The van der Waals surface area contributed by atoms with Crippen LogP contribution in [0.4, 0.5) is 0 Å². The van der Waals surface area contributed by atoms with E-state index in [2.05, 4.69) is 29.4 Å². The summed E-state index contributed by atoms with van der Waals surface area (Å²) in [5, 5.41) is 3.54. The number of likely N-dealkylation sites (tertiary alicyclic amines) is 1. The number of ether oxygens (including phenoxy) is 1. The maximum Gasteiger partial charge on any atom is 0.314 e. The van der Waals surface area contributed by atoms with Crippen LogP contribution < -0.4 is 5.32 Å². The van der Waals surface area contributed by atoms with E-state index in [1.54, 1.807) is 0 Å². The highest BCUT2D eigenvalue weighted by molar-refractivity contribution is 5.77. The molecule has 1 aliphatic heterocycles. The number of rotatable bonds is 4. The Labute approximate surface area is 121 Å². The first-order chi connectivity index (χ1) is 9.56. The van der Waals surface area contributed by atoms with Gasteiger partial charge in [0.25, 0.3) is 0 Å². The molecule has 2 rings (SSSR count). The van der Waals surface area contributed by atoms with E-state index in [1.165, 1.54) is 12.7 Å². The van der Waals surface area contributed by atoms with Gasteiger partial charge in [-0.25, -0.2) is 0 Å². The molecule has 0 amide bonds. The van der Waals surface area contributed by atoms with Crippen molar-refractivity contribution in [3.05, 3.63) is 35.9 Å². The zero-order valence-corrected chi connectivity index (χ0v) is 12.6. The molecule has 0 bridgehead atoms. The van der Waals surface area contributed by atoms with Gasteiger partial charge in [-0.2, -0.15) is 0 Å². The Hall–Kier alpha value is -1.39. The highest BCUT2D eigenvalue weighted by Crippen LogP contribution is 2.31. The Morgan fingerprint density at radius 1 is 1.45 bits per heavy atom. The standard InChI is InChI=1S/C16H24N2O2/c1-16(15(19)20-3)12-18(2)10-9-14(16)17-11-13-7-5-4-6-8-13/h4-8,14,17H,9-12H2,1-3H3. The number of carbonyl (C=O) groups is 1. The number of piperidine rings is 1. The van der Waals surface area contributed by atoms with Gasteiger partial charge in [-0.3, -0.25) is 4.79 Å². The van der Waals surface area contributed by atoms with Gasteiger partial charge in [-0.15, -0.1) is 0 Å². The van der Waals surface area contributed by atoms with Crippen LogP contribution in [0.3, 0.4) is 0 Å². The maximum atomic E-state index is 12.2. The summed E-state index contributed by atoms with van der Waals surface area (Å²) in [6, 6.07) is 10.4. The van der Waals surface area contributed by atoms with Crippen molar-refractivity contribution in [2.75, 3.05) is 27.2 Å². The van der Waals surface area contributed by atoms with Gasteiger partial charge >= 0.3 is 5.97 Å². The number of hydrogen-bond acceptors (Lipinski definition) is 4. The van der Waals surface area contributed by atoms with E-state index in [-0.39, 0.29) is 12.0 Å². The van der Waals surface area contributed by atoms with Gasteiger partial charge in [-0.1, -0.05) is 30.3 Å². The molecule has 1 aromatic rings. The first kappa shape index (κ1) is 15.0. The molecule has 1 fully saturated rings. The SMILES string of the molecule is COC(=O)C1(C)CN(C)CCC1NCc1ccccc1. The van der Waals surface area contributed by atoms with E-state index >= 15 is 0 Å². The van der Waals surface area contributed by atoms with Gasteiger partial charge in [0.2, 0.25) is 0 Å². The third kappa shape index (κ3) is 3.19. The first-order valence-electron chi connectivity index (χ1n) is 7.10. The van der Waals surface area contributed by atoms with E-state index in [4.69, 9.17) is 4.74 Å². The number of esters is 1. The molecule has 0 radical (unpaired) electrons. The van der Waals surface area contributed by atoms with E-state index < -0.39 is 5.41 Å². The molecule has 0 aromatic heterocycles. The molecule has 1 heterocycles. The summed E-state index contributed by atoms with van der Waals surface area (Å²) < 4.78 is 5.02. The molecule has 1 aliphatic rings. The average molecular weight is 276 g/mol. The fourth-order valence-corrected chi connectivity index (χ4v) is 3.02. The van der Waals surface area contributed by atoms with Gasteiger partial charge in [0.05, 0.1) is 12.5 Å². The van der Waals surface area contributed by atoms with Crippen molar-refractivity contribution in [3.8, 4) is 0 Å². The lowest BCUT2D eigenvalue weighted by Crippen LogP contribution is -2.58. The van der Waals surface area contributed by atoms with Crippen molar-refractivity contribution in [1.82, 2.24) is 10.2 Å². The molecule has 0 saturated carbocycles. The summed E-state index contributed by atoms with van der Waals surface area (Å²) in [4.78, 5) is 14.4. The predicted octanol–water partition coefficient (Wildman–Crippen LogP) is 1.66. The number of benzene rings is 1. The van der Waals surface area contributed by atoms with Crippen LogP contribution in [0.5, 0.6) is 0 Å². The van der Waals surface area contributed by atoms with Gasteiger partial charge in [-0.05, 0) is 32.5 Å². The van der Waals surface area contributed by atoms with Crippen molar-refractivity contribution >= 4 is 5.97 Å². The normalized spacial score (nSPS) is 27.2. The molecule has 4 nitrogen and oxygen atoms in total. The molecule has 0 spiro atoms. The second-order valence-electron chi connectivity index (χ2n) is 5.85. The Kier molecular flexibility index (Phi) is 4.78. The van der Waals surface area contributed by atoms with Gasteiger partial charge in [0, 0.05) is 19.1 Å². The molecule has 0 aliphatic carbocycles. The van der Waals surface area contributed by atoms with Crippen LogP contribution in [0.1, 0.15) is 18.9 Å². The second kappa shape index (κ2) is 6.37. The fraction of sp³-hybridized carbons (Fsp3) is 0.562. The van der Waals surface area contributed by atoms with E-state index in [0.29, 0.717) is 0 Å². The minimum absolute atomic E-state index is 0.130. The third-order valence-corrected chi connectivity index (χ3v) is 4.21. The lowest BCUT2D eigenvalue weighted by molar-refractivity contribution is -0.156. The zero-order valence-electron chi connectivity index (χ0n) is 12.6. The molecular formula is C16H24N2O2. The summed E-state index contributed by atoms with van der Waals surface area (Å²) in [7, 11) is 3.52. The van der Waals surface area contributed by atoms with E-state index in [9.17, 15) is 4.79 Å². The molecule has 4 heteroatoms. The molecule has 110 valence electrons. The quantitative estimate of drug-likeness (QED) is 0.849. The van der Waals surface area contributed by atoms with Crippen LogP contribution >= 0.6 is 0 Å². The fourth-order valence-electron chi connectivity index (χ4n) is 3.02. The Morgan fingerprint density at radius 3 is 2.80 bits per heavy atom. The highest BCUT2D eigenvalue weighted by Gasteiger charge is 2.45. The summed E-state index contributed by atoms with van der Waals surface area (Å²) >= 11 is 0. The summed E-state index contributed by atoms with van der Waals surface area (Å²) in [6.45, 7) is 4.50.